The average Bonchev–Trinajstić information content (AvgIpc) is 2.43. The number of halogens is 1. The largest absolute Gasteiger partial charge is 0.504 e. The second-order valence-corrected chi connectivity index (χ2v) is 4.87. The van der Waals surface area contributed by atoms with Crippen molar-refractivity contribution < 1.29 is 14.2 Å². The summed E-state index contributed by atoms with van der Waals surface area (Å²) in [7, 11) is 1.36. The van der Waals surface area contributed by atoms with E-state index in [0.717, 1.165) is 44.7 Å². The summed E-state index contributed by atoms with van der Waals surface area (Å²) >= 11 is 0. The Bertz CT molecular complexity index is 446. The molecule has 0 radical (unpaired) electrons. The van der Waals surface area contributed by atoms with Gasteiger partial charge in [-0.25, -0.2) is 4.39 Å². The van der Waals surface area contributed by atoms with Crippen LogP contribution in [0.4, 0.5) is 4.39 Å². The number of methoxy groups -OCH3 is 1. The molecule has 1 aromatic rings. The van der Waals surface area contributed by atoms with Crippen LogP contribution in [-0.2, 0) is 6.42 Å². The van der Waals surface area contributed by atoms with Crippen LogP contribution in [0.15, 0.2) is 6.07 Å². The van der Waals surface area contributed by atoms with Gasteiger partial charge in [-0.2, -0.15) is 0 Å². The van der Waals surface area contributed by atoms with E-state index in [1.54, 1.807) is 6.92 Å². The Balaban J connectivity index is 2.07. The van der Waals surface area contributed by atoms with E-state index >= 15 is 0 Å². The van der Waals surface area contributed by atoms with Gasteiger partial charge in [0, 0.05) is 32.7 Å². The molecule has 0 aromatic heterocycles. The molecule has 2 rings (SSSR count). The lowest BCUT2D eigenvalue weighted by molar-refractivity contribution is 0.243. The molecule has 1 aromatic carbocycles. The molecule has 1 aliphatic rings. The highest BCUT2D eigenvalue weighted by Gasteiger charge is 2.16. The summed E-state index contributed by atoms with van der Waals surface area (Å²) in [5.74, 6) is -0.651. The number of phenolic OH excluding ortho intramolecular Hbond substituents is 1. The van der Waals surface area contributed by atoms with Crippen molar-refractivity contribution in [3.8, 4) is 11.5 Å². The van der Waals surface area contributed by atoms with Crippen LogP contribution in [0.5, 0.6) is 11.5 Å². The molecule has 106 valence electrons. The molecule has 0 saturated carbocycles. The van der Waals surface area contributed by atoms with E-state index in [9.17, 15) is 9.50 Å². The zero-order valence-electron chi connectivity index (χ0n) is 11.5. The molecule has 0 unspecified atom stereocenters. The number of nitrogens with zero attached hydrogens (tertiary/aromatic N) is 1. The van der Waals surface area contributed by atoms with Crippen LogP contribution in [-0.4, -0.2) is 49.8 Å². The number of aromatic hydroxyl groups is 1. The number of hydrogen-bond acceptors (Lipinski definition) is 4. The van der Waals surface area contributed by atoms with Gasteiger partial charge < -0.3 is 20.1 Å². The van der Waals surface area contributed by atoms with Gasteiger partial charge in [0.25, 0.3) is 0 Å². The standard InChI is InChI=1S/C14H21FN2O2/c1-10-11(3-6-17-7-4-16-5-8-17)9-12(15)14(19-2)13(10)18/h9,16,18H,3-8H2,1-2H3. The van der Waals surface area contributed by atoms with Crippen LogP contribution in [0.1, 0.15) is 11.1 Å². The Morgan fingerprint density at radius 1 is 1.42 bits per heavy atom. The minimum atomic E-state index is -0.499. The van der Waals surface area contributed by atoms with Crippen molar-refractivity contribution in [1.82, 2.24) is 10.2 Å². The Morgan fingerprint density at radius 3 is 2.74 bits per heavy atom. The molecule has 1 saturated heterocycles. The first-order valence-electron chi connectivity index (χ1n) is 6.61. The molecular formula is C14H21FN2O2. The highest BCUT2D eigenvalue weighted by Crippen LogP contribution is 2.34. The van der Waals surface area contributed by atoms with Crippen molar-refractivity contribution in [3.63, 3.8) is 0 Å². The minimum absolute atomic E-state index is 0.0663. The molecule has 4 nitrogen and oxygen atoms in total. The van der Waals surface area contributed by atoms with E-state index in [1.165, 1.54) is 13.2 Å². The second-order valence-electron chi connectivity index (χ2n) is 4.87. The maximum atomic E-state index is 13.7. The van der Waals surface area contributed by atoms with Gasteiger partial charge in [-0.15, -0.1) is 0 Å². The third kappa shape index (κ3) is 3.16. The minimum Gasteiger partial charge on any atom is -0.504 e. The number of hydrogen-bond donors (Lipinski definition) is 2. The Hall–Kier alpha value is -1.33. The third-order valence-electron chi connectivity index (χ3n) is 3.68. The van der Waals surface area contributed by atoms with Crippen LogP contribution in [0.25, 0.3) is 0 Å². The smallest absolute Gasteiger partial charge is 0.196 e. The van der Waals surface area contributed by atoms with Crippen molar-refractivity contribution in [2.45, 2.75) is 13.3 Å². The van der Waals surface area contributed by atoms with Crippen LogP contribution in [0.3, 0.4) is 0 Å². The van der Waals surface area contributed by atoms with Crippen LogP contribution >= 0.6 is 0 Å². The number of benzene rings is 1. The molecule has 0 amide bonds. The fourth-order valence-corrected chi connectivity index (χ4v) is 2.43. The van der Waals surface area contributed by atoms with E-state index < -0.39 is 5.82 Å². The molecule has 1 aliphatic heterocycles. The van der Waals surface area contributed by atoms with Crippen molar-refractivity contribution >= 4 is 0 Å². The average molecular weight is 268 g/mol. The van der Waals surface area contributed by atoms with E-state index in [0.29, 0.717) is 5.56 Å². The molecular weight excluding hydrogens is 247 g/mol. The van der Waals surface area contributed by atoms with Crippen LogP contribution in [0.2, 0.25) is 0 Å². The summed E-state index contributed by atoms with van der Waals surface area (Å²) in [6, 6.07) is 1.47. The predicted molar refractivity (Wildman–Crippen MR) is 72.4 cm³/mol. The number of phenols is 1. The first-order chi connectivity index (χ1) is 9.13. The predicted octanol–water partition coefficient (Wildman–Crippen LogP) is 1.30. The van der Waals surface area contributed by atoms with Gasteiger partial charge in [-0.3, -0.25) is 0 Å². The van der Waals surface area contributed by atoms with Crippen molar-refractivity contribution in [1.29, 1.82) is 0 Å². The summed E-state index contributed by atoms with van der Waals surface area (Å²) in [5.41, 5.74) is 1.54. The maximum absolute atomic E-state index is 13.7. The third-order valence-corrected chi connectivity index (χ3v) is 3.68. The van der Waals surface area contributed by atoms with Gasteiger partial charge in [0.15, 0.2) is 17.3 Å². The lowest BCUT2D eigenvalue weighted by Crippen LogP contribution is -2.44. The lowest BCUT2D eigenvalue weighted by Gasteiger charge is -2.27. The fourth-order valence-electron chi connectivity index (χ4n) is 2.43. The molecule has 0 aliphatic carbocycles. The van der Waals surface area contributed by atoms with Gasteiger partial charge in [0.1, 0.15) is 0 Å². The number of rotatable bonds is 4. The van der Waals surface area contributed by atoms with Gasteiger partial charge >= 0.3 is 0 Å². The van der Waals surface area contributed by atoms with Gasteiger partial charge in [0.2, 0.25) is 0 Å². The topological polar surface area (TPSA) is 44.7 Å². The van der Waals surface area contributed by atoms with Gasteiger partial charge in [-0.05, 0) is 30.5 Å². The van der Waals surface area contributed by atoms with Gasteiger partial charge in [-0.1, -0.05) is 0 Å². The summed E-state index contributed by atoms with van der Waals surface area (Å²) in [6.07, 6.45) is 0.736. The first-order valence-corrected chi connectivity index (χ1v) is 6.61. The summed E-state index contributed by atoms with van der Waals surface area (Å²) < 4.78 is 18.6. The van der Waals surface area contributed by atoms with E-state index in [4.69, 9.17) is 4.74 Å². The van der Waals surface area contributed by atoms with Crippen LogP contribution < -0.4 is 10.1 Å². The molecule has 1 fully saturated rings. The Labute approximate surface area is 113 Å². The van der Waals surface area contributed by atoms with Crippen molar-refractivity contribution in [2.75, 3.05) is 39.8 Å². The van der Waals surface area contributed by atoms with Crippen molar-refractivity contribution in [2.24, 2.45) is 0 Å². The molecule has 2 N–H and O–H groups in total. The zero-order valence-corrected chi connectivity index (χ0v) is 11.5. The van der Waals surface area contributed by atoms with Crippen molar-refractivity contribution in [3.05, 3.63) is 23.0 Å². The zero-order chi connectivity index (χ0) is 13.8. The van der Waals surface area contributed by atoms with E-state index in [-0.39, 0.29) is 11.5 Å². The fraction of sp³-hybridized carbons (Fsp3) is 0.571. The number of nitrogens with one attached hydrogen (secondary N) is 1. The van der Waals surface area contributed by atoms with E-state index in [2.05, 4.69) is 10.2 Å². The second kappa shape index (κ2) is 6.21. The highest BCUT2D eigenvalue weighted by molar-refractivity contribution is 5.50. The highest BCUT2D eigenvalue weighted by atomic mass is 19.1. The Morgan fingerprint density at radius 2 is 2.11 bits per heavy atom. The van der Waals surface area contributed by atoms with E-state index in [1.807, 2.05) is 0 Å². The number of ether oxygens (including phenoxy) is 1. The summed E-state index contributed by atoms with van der Waals surface area (Å²) in [4.78, 5) is 2.34. The Kier molecular flexibility index (Phi) is 4.61. The lowest BCUT2D eigenvalue weighted by atomic mass is 10.0. The maximum Gasteiger partial charge on any atom is 0.196 e. The molecule has 19 heavy (non-hydrogen) atoms. The number of piperazine rings is 1. The van der Waals surface area contributed by atoms with Crippen LogP contribution in [0, 0.1) is 12.7 Å². The SMILES string of the molecule is COc1c(F)cc(CCN2CCNCC2)c(C)c1O. The molecule has 1 heterocycles. The normalized spacial score (nSPS) is 16.6. The molecule has 0 bridgehead atoms. The molecule has 5 heteroatoms. The molecule has 0 atom stereocenters. The molecule has 0 spiro atoms. The quantitative estimate of drug-likeness (QED) is 0.864. The monoisotopic (exact) mass is 268 g/mol. The first kappa shape index (κ1) is 14.1. The summed E-state index contributed by atoms with van der Waals surface area (Å²) in [5, 5.41) is 13.2. The summed E-state index contributed by atoms with van der Waals surface area (Å²) in [6.45, 7) is 6.72. The van der Waals surface area contributed by atoms with Gasteiger partial charge in [0.05, 0.1) is 7.11 Å².